The summed E-state index contributed by atoms with van der Waals surface area (Å²) in [5.74, 6) is -0.0546. The molecule has 1 aliphatic carbocycles. The molecule has 1 aromatic heterocycles. The maximum Gasteiger partial charge on any atom is 0.228 e. The van der Waals surface area contributed by atoms with E-state index in [2.05, 4.69) is 15.5 Å². The van der Waals surface area contributed by atoms with Crippen molar-refractivity contribution in [3.63, 3.8) is 0 Å². The van der Waals surface area contributed by atoms with E-state index < -0.39 is 0 Å². The van der Waals surface area contributed by atoms with E-state index >= 15 is 0 Å². The second-order valence-electron chi connectivity index (χ2n) is 4.30. The Balaban J connectivity index is 1.87. The molecule has 0 aromatic carbocycles. The van der Waals surface area contributed by atoms with Gasteiger partial charge >= 0.3 is 0 Å². The first-order chi connectivity index (χ1) is 7.61. The van der Waals surface area contributed by atoms with E-state index in [1.54, 1.807) is 0 Å². The number of aromatic nitrogens is 2. The Morgan fingerprint density at radius 1 is 1.56 bits per heavy atom. The van der Waals surface area contributed by atoms with Crippen LogP contribution in [-0.4, -0.2) is 21.6 Å². The fourth-order valence-electron chi connectivity index (χ4n) is 1.74. The van der Waals surface area contributed by atoms with Crippen molar-refractivity contribution in [2.75, 3.05) is 5.32 Å². The van der Waals surface area contributed by atoms with Gasteiger partial charge < -0.3 is 11.1 Å². The van der Waals surface area contributed by atoms with E-state index in [1.807, 2.05) is 6.92 Å². The van der Waals surface area contributed by atoms with Gasteiger partial charge in [0.2, 0.25) is 11.0 Å². The van der Waals surface area contributed by atoms with Crippen LogP contribution in [0.15, 0.2) is 0 Å². The quantitative estimate of drug-likeness (QED) is 0.831. The Labute approximate surface area is 98.4 Å². The molecule has 1 aliphatic rings. The Morgan fingerprint density at radius 2 is 2.31 bits per heavy atom. The summed E-state index contributed by atoms with van der Waals surface area (Å²) in [5.41, 5.74) is 5.72. The number of aryl methyl sites for hydroxylation is 1. The van der Waals surface area contributed by atoms with Crippen LogP contribution in [0.5, 0.6) is 0 Å². The van der Waals surface area contributed by atoms with E-state index in [0.717, 1.165) is 30.7 Å². The Morgan fingerprint density at radius 3 is 2.81 bits per heavy atom. The van der Waals surface area contributed by atoms with Gasteiger partial charge in [0, 0.05) is 12.0 Å². The van der Waals surface area contributed by atoms with Crippen LogP contribution in [0.1, 0.15) is 37.6 Å². The lowest BCUT2D eigenvalue weighted by atomic mass is 9.75. The number of carbonyl (C=O) groups excluding carboxylic acids is 1. The molecule has 1 fully saturated rings. The predicted octanol–water partition coefficient (Wildman–Crippen LogP) is 1.31. The molecule has 0 saturated heterocycles. The van der Waals surface area contributed by atoms with Crippen molar-refractivity contribution < 1.29 is 4.79 Å². The molecule has 0 bridgehead atoms. The zero-order valence-corrected chi connectivity index (χ0v) is 10.1. The molecule has 0 aliphatic heterocycles. The SMILES string of the molecule is CCc1nnc(NC(=O)CC2(N)CCC2)s1. The minimum absolute atomic E-state index is 0.0546. The molecule has 1 saturated carbocycles. The van der Waals surface area contributed by atoms with E-state index in [9.17, 15) is 4.79 Å². The molecule has 0 atom stereocenters. The average molecular weight is 240 g/mol. The van der Waals surface area contributed by atoms with Gasteiger partial charge in [-0.2, -0.15) is 0 Å². The number of amides is 1. The van der Waals surface area contributed by atoms with Crippen LogP contribution in [-0.2, 0) is 11.2 Å². The third kappa shape index (κ3) is 2.56. The lowest BCUT2D eigenvalue weighted by Crippen LogP contribution is -2.48. The average Bonchev–Trinajstić information content (AvgIpc) is 2.63. The Kier molecular flexibility index (Phi) is 3.20. The van der Waals surface area contributed by atoms with Gasteiger partial charge in [-0.15, -0.1) is 10.2 Å². The van der Waals surface area contributed by atoms with Gasteiger partial charge in [0.1, 0.15) is 5.01 Å². The molecule has 88 valence electrons. The number of nitrogens with zero attached hydrogens (tertiary/aromatic N) is 2. The largest absolute Gasteiger partial charge is 0.325 e. The van der Waals surface area contributed by atoms with Gasteiger partial charge in [-0.25, -0.2) is 0 Å². The number of nitrogens with two attached hydrogens (primary N) is 1. The first-order valence-corrected chi connectivity index (χ1v) is 6.34. The van der Waals surface area contributed by atoms with E-state index in [4.69, 9.17) is 5.73 Å². The molecular formula is C10H16N4OS. The van der Waals surface area contributed by atoms with Crippen LogP contribution >= 0.6 is 11.3 Å². The van der Waals surface area contributed by atoms with Gasteiger partial charge in [-0.3, -0.25) is 4.79 Å². The van der Waals surface area contributed by atoms with Crippen LogP contribution in [0.25, 0.3) is 0 Å². The summed E-state index contributed by atoms with van der Waals surface area (Å²) in [5, 5.41) is 12.1. The standard InChI is InChI=1S/C10H16N4OS/c1-2-8-13-14-9(16-8)12-7(15)6-10(11)4-3-5-10/h2-6,11H2,1H3,(H,12,14,15). The summed E-state index contributed by atoms with van der Waals surface area (Å²) in [6.07, 6.45) is 4.23. The van der Waals surface area contributed by atoms with E-state index in [-0.39, 0.29) is 11.4 Å². The monoisotopic (exact) mass is 240 g/mol. The number of nitrogens with one attached hydrogen (secondary N) is 1. The maximum atomic E-state index is 11.7. The highest BCUT2D eigenvalue weighted by Crippen LogP contribution is 2.32. The highest BCUT2D eigenvalue weighted by atomic mass is 32.1. The summed E-state index contributed by atoms with van der Waals surface area (Å²) in [6, 6.07) is 0. The van der Waals surface area contributed by atoms with Crippen molar-refractivity contribution in [1.82, 2.24) is 10.2 Å². The number of hydrogen-bond acceptors (Lipinski definition) is 5. The summed E-state index contributed by atoms with van der Waals surface area (Å²) in [4.78, 5) is 11.7. The van der Waals surface area contributed by atoms with Crippen LogP contribution < -0.4 is 11.1 Å². The first-order valence-electron chi connectivity index (χ1n) is 5.52. The zero-order valence-electron chi connectivity index (χ0n) is 9.32. The van der Waals surface area contributed by atoms with Crippen LogP contribution in [0.4, 0.5) is 5.13 Å². The second kappa shape index (κ2) is 4.47. The van der Waals surface area contributed by atoms with Crippen molar-refractivity contribution in [3.8, 4) is 0 Å². The smallest absolute Gasteiger partial charge is 0.228 e. The maximum absolute atomic E-state index is 11.7. The fraction of sp³-hybridized carbons (Fsp3) is 0.700. The lowest BCUT2D eigenvalue weighted by Gasteiger charge is -2.37. The first kappa shape index (κ1) is 11.5. The topological polar surface area (TPSA) is 80.9 Å². The fourth-order valence-corrected chi connectivity index (χ4v) is 2.43. The van der Waals surface area contributed by atoms with Crippen molar-refractivity contribution in [2.45, 2.75) is 44.6 Å². The number of anilines is 1. The normalized spacial score (nSPS) is 17.9. The third-order valence-electron chi connectivity index (χ3n) is 2.88. The molecule has 2 rings (SSSR count). The highest BCUT2D eigenvalue weighted by molar-refractivity contribution is 7.15. The number of rotatable bonds is 4. The van der Waals surface area contributed by atoms with Crippen LogP contribution in [0.3, 0.4) is 0 Å². The van der Waals surface area contributed by atoms with Crippen molar-refractivity contribution in [2.24, 2.45) is 5.73 Å². The molecule has 5 nitrogen and oxygen atoms in total. The van der Waals surface area contributed by atoms with Crippen LogP contribution in [0, 0.1) is 0 Å². The highest BCUT2D eigenvalue weighted by Gasteiger charge is 2.34. The third-order valence-corrected chi connectivity index (χ3v) is 3.86. The summed E-state index contributed by atoms with van der Waals surface area (Å²) >= 11 is 1.42. The molecule has 6 heteroatoms. The molecule has 0 unspecified atom stereocenters. The number of hydrogen-bond donors (Lipinski definition) is 2. The van der Waals surface area contributed by atoms with Crippen molar-refractivity contribution >= 4 is 22.4 Å². The van der Waals surface area contributed by atoms with Gasteiger partial charge in [-0.05, 0) is 25.7 Å². The molecule has 3 N–H and O–H groups in total. The second-order valence-corrected chi connectivity index (χ2v) is 5.36. The molecule has 0 spiro atoms. The van der Waals surface area contributed by atoms with Gasteiger partial charge in [0.15, 0.2) is 0 Å². The minimum atomic E-state index is -0.275. The Bertz CT molecular complexity index is 386. The summed E-state index contributed by atoms with van der Waals surface area (Å²) in [6.45, 7) is 2.01. The molecule has 16 heavy (non-hydrogen) atoms. The molecule has 1 heterocycles. The van der Waals surface area contributed by atoms with Gasteiger partial charge in [0.25, 0.3) is 0 Å². The summed E-state index contributed by atoms with van der Waals surface area (Å²) in [7, 11) is 0. The van der Waals surface area contributed by atoms with Crippen LogP contribution in [0.2, 0.25) is 0 Å². The molecule has 1 aromatic rings. The van der Waals surface area contributed by atoms with Gasteiger partial charge in [-0.1, -0.05) is 18.3 Å². The minimum Gasteiger partial charge on any atom is -0.325 e. The van der Waals surface area contributed by atoms with E-state index in [0.29, 0.717) is 11.6 Å². The van der Waals surface area contributed by atoms with Crippen molar-refractivity contribution in [1.29, 1.82) is 0 Å². The zero-order chi connectivity index (χ0) is 11.6. The van der Waals surface area contributed by atoms with Gasteiger partial charge in [0.05, 0.1) is 0 Å². The number of carbonyl (C=O) groups is 1. The Hall–Kier alpha value is -1.01. The van der Waals surface area contributed by atoms with Crippen molar-refractivity contribution in [3.05, 3.63) is 5.01 Å². The van der Waals surface area contributed by atoms with E-state index in [1.165, 1.54) is 11.3 Å². The molecular weight excluding hydrogens is 224 g/mol. The summed E-state index contributed by atoms with van der Waals surface area (Å²) < 4.78 is 0. The lowest BCUT2D eigenvalue weighted by molar-refractivity contribution is -0.118. The molecule has 0 radical (unpaired) electrons. The predicted molar refractivity (Wildman–Crippen MR) is 63.3 cm³/mol. The molecule has 1 amide bonds.